The van der Waals surface area contributed by atoms with Gasteiger partial charge in [-0.05, 0) is 20.3 Å². The minimum atomic E-state index is -0.359. The van der Waals surface area contributed by atoms with Crippen LogP contribution in [0.2, 0.25) is 0 Å². The van der Waals surface area contributed by atoms with E-state index in [4.69, 9.17) is 5.73 Å². The normalized spacial score (nSPS) is 26.4. The summed E-state index contributed by atoms with van der Waals surface area (Å²) >= 11 is 0. The van der Waals surface area contributed by atoms with E-state index >= 15 is 0 Å². The Kier molecular flexibility index (Phi) is 1.92. The van der Waals surface area contributed by atoms with Crippen LogP contribution in [0, 0.1) is 5.92 Å². The number of carbonyl (C=O) groups excluding carboxylic acids is 1. The van der Waals surface area contributed by atoms with Crippen LogP contribution in [-0.2, 0) is 4.79 Å². The fourth-order valence-corrected chi connectivity index (χ4v) is 1.51. The molecule has 1 aliphatic heterocycles. The van der Waals surface area contributed by atoms with Crippen molar-refractivity contribution in [3.05, 3.63) is 0 Å². The Morgan fingerprint density at radius 3 is 2.36 bits per heavy atom. The molecule has 1 fully saturated rings. The lowest BCUT2D eigenvalue weighted by molar-refractivity contribution is -0.131. The summed E-state index contributed by atoms with van der Waals surface area (Å²) in [6, 6.07) is 0. The van der Waals surface area contributed by atoms with Crippen LogP contribution in [-0.4, -0.2) is 29.9 Å². The predicted octanol–water partition coefficient (Wildman–Crippen LogP) is 0.202. The molecule has 1 heterocycles. The topological polar surface area (TPSA) is 46.3 Å². The Bertz CT molecular complexity index is 171. The second-order valence-electron chi connectivity index (χ2n) is 3.92. The van der Waals surface area contributed by atoms with Crippen LogP contribution in [0.15, 0.2) is 0 Å². The summed E-state index contributed by atoms with van der Waals surface area (Å²) in [6.45, 7) is 4.67. The molecule has 11 heavy (non-hydrogen) atoms. The first kappa shape index (κ1) is 8.53. The van der Waals surface area contributed by atoms with Crippen LogP contribution in [0.3, 0.4) is 0 Å². The van der Waals surface area contributed by atoms with Crippen molar-refractivity contribution in [2.75, 3.05) is 13.6 Å². The summed E-state index contributed by atoms with van der Waals surface area (Å²) in [5.41, 5.74) is 5.49. The van der Waals surface area contributed by atoms with E-state index in [1.807, 2.05) is 20.9 Å². The molecule has 2 N–H and O–H groups in total. The minimum Gasteiger partial charge on any atom is -0.345 e. The lowest BCUT2D eigenvalue weighted by Crippen LogP contribution is -2.44. The number of hydrogen-bond acceptors (Lipinski definition) is 2. The van der Waals surface area contributed by atoms with E-state index in [1.54, 1.807) is 4.90 Å². The zero-order valence-corrected chi connectivity index (χ0v) is 7.42. The molecule has 64 valence electrons. The maximum Gasteiger partial charge on any atom is 0.227 e. The molecule has 0 aliphatic carbocycles. The largest absolute Gasteiger partial charge is 0.345 e. The highest BCUT2D eigenvalue weighted by Crippen LogP contribution is 2.25. The van der Waals surface area contributed by atoms with Crippen LogP contribution < -0.4 is 5.73 Å². The van der Waals surface area contributed by atoms with Gasteiger partial charge in [0, 0.05) is 19.1 Å². The molecule has 1 aliphatic rings. The highest BCUT2D eigenvalue weighted by atomic mass is 16.2. The molecular weight excluding hydrogens is 140 g/mol. The van der Waals surface area contributed by atoms with Gasteiger partial charge in [0.05, 0.1) is 5.92 Å². The van der Waals surface area contributed by atoms with Crippen LogP contribution in [0.5, 0.6) is 0 Å². The number of nitrogens with zero attached hydrogens (tertiary/aromatic N) is 1. The summed E-state index contributed by atoms with van der Waals surface area (Å²) in [4.78, 5) is 13.1. The van der Waals surface area contributed by atoms with E-state index in [2.05, 4.69) is 0 Å². The Balaban J connectivity index is 2.70. The molecule has 0 bridgehead atoms. The zero-order valence-electron chi connectivity index (χ0n) is 7.42. The van der Waals surface area contributed by atoms with E-state index in [-0.39, 0.29) is 17.4 Å². The first-order valence-corrected chi connectivity index (χ1v) is 3.97. The van der Waals surface area contributed by atoms with Gasteiger partial charge in [-0.1, -0.05) is 0 Å². The Morgan fingerprint density at radius 1 is 1.64 bits per heavy atom. The average molecular weight is 156 g/mol. The second-order valence-corrected chi connectivity index (χ2v) is 3.92. The molecule has 1 saturated heterocycles. The third-order valence-electron chi connectivity index (χ3n) is 2.33. The van der Waals surface area contributed by atoms with E-state index in [1.165, 1.54) is 0 Å². The zero-order chi connectivity index (χ0) is 8.65. The Morgan fingerprint density at radius 2 is 2.18 bits per heavy atom. The van der Waals surface area contributed by atoms with Crippen molar-refractivity contribution in [3.63, 3.8) is 0 Å². The van der Waals surface area contributed by atoms with Gasteiger partial charge in [-0.3, -0.25) is 4.79 Å². The molecule has 0 aromatic carbocycles. The van der Waals surface area contributed by atoms with Crippen molar-refractivity contribution >= 4 is 5.91 Å². The summed E-state index contributed by atoms with van der Waals surface area (Å²) in [7, 11) is 1.83. The molecule has 1 amide bonds. The second kappa shape index (κ2) is 2.48. The van der Waals surface area contributed by atoms with Crippen molar-refractivity contribution in [1.82, 2.24) is 4.90 Å². The monoisotopic (exact) mass is 156 g/mol. The van der Waals surface area contributed by atoms with Crippen LogP contribution in [0.1, 0.15) is 20.3 Å². The number of amides is 1. The van der Waals surface area contributed by atoms with Gasteiger partial charge in [-0.25, -0.2) is 0 Å². The summed E-state index contributed by atoms with van der Waals surface area (Å²) in [5, 5.41) is 0. The first-order chi connectivity index (χ1) is 4.93. The molecule has 1 atom stereocenters. The lowest BCUT2D eigenvalue weighted by atomic mass is 9.87. The van der Waals surface area contributed by atoms with Gasteiger partial charge in [0.2, 0.25) is 5.91 Å². The van der Waals surface area contributed by atoms with Crippen molar-refractivity contribution in [2.24, 2.45) is 11.7 Å². The third-order valence-corrected chi connectivity index (χ3v) is 2.33. The number of hydrogen-bond donors (Lipinski definition) is 1. The van der Waals surface area contributed by atoms with Gasteiger partial charge in [-0.2, -0.15) is 0 Å². The van der Waals surface area contributed by atoms with E-state index in [0.717, 1.165) is 13.0 Å². The quantitative estimate of drug-likeness (QED) is 0.589. The SMILES string of the molecule is CN1CCC(C(C)(C)N)C1=O. The van der Waals surface area contributed by atoms with Crippen molar-refractivity contribution < 1.29 is 4.79 Å². The molecule has 0 aromatic heterocycles. The van der Waals surface area contributed by atoms with Gasteiger partial charge >= 0.3 is 0 Å². The van der Waals surface area contributed by atoms with Gasteiger partial charge in [-0.15, -0.1) is 0 Å². The van der Waals surface area contributed by atoms with Gasteiger partial charge in [0.15, 0.2) is 0 Å². The number of nitrogens with two attached hydrogens (primary N) is 1. The molecule has 1 rings (SSSR count). The number of carbonyl (C=O) groups is 1. The average Bonchev–Trinajstić information content (AvgIpc) is 2.11. The van der Waals surface area contributed by atoms with E-state index < -0.39 is 0 Å². The Labute approximate surface area is 67.5 Å². The molecule has 3 nitrogen and oxygen atoms in total. The summed E-state index contributed by atoms with van der Waals surface area (Å²) in [5.74, 6) is 0.213. The fourth-order valence-electron chi connectivity index (χ4n) is 1.51. The number of likely N-dealkylation sites (tertiary alicyclic amines) is 1. The highest BCUT2D eigenvalue weighted by Gasteiger charge is 2.37. The maximum absolute atomic E-state index is 11.4. The van der Waals surface area contributed by atoms with Gasteiger partial charge in [0.25, 0.3) is 0 Å². The first-order valence-electron chi connectivity index (χ1n) is 3.97. The summed E-state index contributed by atoms with van der Waals surface area (Å²) < 4.78 is 0. The summed E-state index contributed by atoms with van der Waals surface area (Å²) in [6.07, 6.45) is 0.902. The van der Waals surface area contributed by atoms with Crippen LogP contribution in [0.25, 0.3) is 0 Å². The minimum absolute atomic E-state index is 0.0208. The van der Waals surface area contributed by atoms with E-state index in [0.29, 0.717) is 0 Å². The van der Waals surface area contributed by atoms with Crippen molar-refractivity contribution in [1.29, 1.82) is 0 Å². The molecular formula is C8H16N2O. The fraction of sp³-hybridized carbons (Fsp3) is 0.875. The van der Waals surface area contributed by atoms with Gasteiger partial charge < -0.3 is 10.6 Å². The maximum atomic E-state index is 11.4. The lowest BCUT2D eigenvalue weighted by Gasteiger charge is -2.24. The van der Waals surface area contributed by atoms with Gasteiger partial charge in [0.1, 0.15) is 0 Å². The van der Waals surface area contributed by atoms with E-state index in [9.17, 15) is 4.79 Å². The Hall–Kier alpha value is -0.570. The van der Waals surface area contributed by atoms with Crippen molar-refractivity contribution in [3.8, 4) is 0 Å². The molecule has 0 spiro atoms. The highest BCUT2D eigenvalue weighted by molar-refractivity contribution is 5.81. The van der Waals surface area contributed by atoms with Crippen LogP contribution >= 0.6 is 0 Å². The molecule has 0 radical (unpaired) electrons. The molecule has 0 saturated carbocycles. The predicted molar refractivity (Wildman–Crippen MR) is 44.0 cm³/mol. The van der Waals surface area contributed by atoms with Crippen LogP contribution in [0.4, 0.5) is 0 Å². The smallest absolute Gasteiger partial charge is 0.227 e. The molecule has 0 aromatic rings. The molecule has 3 heteroatoms. The number of rotatable bonds is 1. The standard InChI is InChI=1S/C8H16N2O/c1-8(2,9)6-4-5-10(3)7(6)11/h6H,4-5,9H2,1-3H3. The third kappa shape index (κ3) is 1.53. The molecule has 1 unspecified atom stereocenters. The van der Waals surface area contributed by atoms with Crippen molar-refractivity contribution in [2.45, 2.75) is 25.8 Å².